The summed E-state index contributed by atoms with van der Waals surface area (Å²) in [6, 6.07) is 5.84. The number of nitrogens with two attached hydrogens (primary N) is 1. The van der Waals surface area contributed by atoms with Crippen LogP contribution >= 0.6 is 12.4 Å². The van der Waals surface area contributed by atoms with Crippen molar-refractivity contribution in [3.63, 3.8) is 0 Å². The molecule has 0 heterocycles. The Morgan fingerprint density at radius 2 is 1.96 bits per heavy atom. The molecule has 8 heteroatoms. The Morgan fingerprint density at radius 3 is 2.50 bits per heavy atom. The second-order valence-corrected chi connectivity index (χ2v) is 7.95. The topological polar surface area (TPSA) is 92.5 Å². The van der Waals surface area contributed by atoms with Crippen molar-refractivity contribution >= 4 is 28.3 Å². The van der Waals surface area contributed by atoms with Crippen LogP contribution in [0.25, 0.3) is 0 Å². The fraction of sp³-hybridized carbons (Fsp3) is 0.562. The second kappa shape index (κ2) is 8.80. The molecule has 1 fully saturated rings. The molecule has 0 aliphatic heterocycles. The zero-order chi connectivity index (χ0) is 17.0. The minimum absolute atomic E-state index is 0. The molecular weight excluding hydrogens is 350 g/mol. The van der Waals surface area contributed by atoms with Gasteiger partial charge in [-0.25, -0.2) is 13.1 Å². The average molecular weight is 376 g/mol. The number of amides is 1. The van der Waals surface area contributed by atoms with E-state index in [2.05, 4.69) is 4.72 Å². The summed E-state index contributed by atoms with van der Waals surface area (Å²) >= 11 is 0. The maximum Gasteiger partial charge on any atom is 0.253 e. The van der Waals surface area contributed by atoms with Gasteiger partial charge in [-0.15, -0.1) is 12.4 Å². The van der Waals surface area contributed by atoms with Crippen molar-refractivity contribution < 1.29 is 13.2 Å². The summed E-state index contributed by atoms with van der Waals surface area (Å²) in [5, 5.41) is 0. The van der Waals surface area contributed by atoms with Crippen LogP contribution < -0.4 is 10.5 Å². The van der Waals surface area contributed by atoms with E-state index in [4.69, 9.17) is 5.73 Å². The Labute approximate surface area is 150 Å². The molecule has 1 aromatic carbocycles. The van der Waals surface area contributed by atoms with Crippen LogP contribution in [0.1, 0.15) is 36.0 Å². The molecule has 0 aromatic heterocycles. The lowest BCUT2D eigenvalue weighted by Crippen LogP contribution is -2.44. The summed E-state index contributed by atoms with van der Waals surface area (Å²) in [6.45, 7) is 0.278. The third-order valence-electron chi connectivity index (χ3n) is 4.33. The van der Waals surface area contributed by atoms with Gasteiger partial charge >= 0.3 is 0 Å². The summed E-state index contributed by atoms with van der Waals surface area (Å²) in [5.41, 5.74) is 6.12. The smallest absolute Gasteiger partial charge is 0.253 e. The third-order valence-corrected chi connectivity index (χ3v) is 5.81. The van der Waals surface area contributed by atoms with Crippen molar-refractivity contribution in [1.82, 2.24) is 9.62 Å². The lowest BCUT2D eigenvalue weighted by Gasteiger charge is -2.23. The van der Waals surface area contributed by atoms with Gasteiger partial charge in [-0.3, -0.25) is 4.79 Å². The second-order valence-electron chi connectivity index (χ2n) is 6.24. The summed E-state index contributed by atoms with van der Waals surface area (Å²) < 4.78 is 27.9. The lowest BCUT2D eigenvalue weighted by atomic mass is 9.99. The van der Waals surface area contributed by atoms with Gasteiger partial charge in [-0.1, -0.05) is 18.9 Å². The lowest BCUT2D eigenvalue weighted by molar-refractivity contribution is 0.0827. The number of sulfonamides is 1. The number of rotatable bonds is 6. The fourth-order valence-electron chi connectivity index (χ4n) is 3.02. The maximum absolute atomic E-state index is 12.6. The van der Waals surface area contributed by atoms with E-state index in [1.807, 2.05) is 0 Å². The molecular formula is C16H26ClN3O3S. The SMILES string of the molecule is CN(C)C(=O)c1cccc(S(=O)(=O)NC(CN)C2CCCC2)c1.Cl. The van der Waals surface area contributed by atoms with Gasteiger partial charge in [0, 0.05) is 32.2 Å². The van der Waals surface area contributed by atoms with Gasteiger partial charge in [0.2, 0.25) is 10.0 Å². The molecule has 1 aliphatic rings. The average Bonchev–Trinajstić information content (AvgIpc) is 3.06. The maximum atomic E-state index is 12.6. The molecule has 1 saturated carbocycles. The van der Waals surface area contributed by atoms with Crippen LogP contribution in [0, 0.1) is 5.92 Å². The number of hydrogen-bond donors (Lipinski definition) is 2. The molecule has 0 spiro atoms. The monoisotopic (exact) mass is 375 g/mol. The first-order valence-corrected chi connectivity index (χ1v) is 9.37. The highest BCUT2D eigenvalue weighted by Crippen LogP contribution is 2.28. The number of halogens is 1. The van der Waals surface area contributed by atoms with E-state index in [0.717, 1.165) is 25.7 Å². The first kappa shape index (κ1) is 20.9. The fourth-order valence-corrected chi connectivity index (χ4v) is 4.38. The standard InChI is InChI=1S/C16H25N3O3S.ClH/c1-19(2)16(20)13-8-5-9-14(10-13)23(21,22)18-15(11-17)12-6-3-4-7-12;/h5,8-10,12,15,18H,3-4,6-7,11,17H2,1-2H3;1H. The van der Waals surface area contributed by atoms with Crippen LogP contribution in [0.15, 0.2) is 29.2 Å². The van der Waals surface area contributed by atoms with Gasteiger partial charge in [0.25, 0.3) is 5.91 Å². The van der Waals surface area contributed by atoms with Gasteiger partial charge in [0.15, 0.2) is 0 Å². The van der Waals surface area contributed by atoms with E-state index in [9.17, 15) is 13.2 Å². The Bertz CT molecular complexity index is 658. The molecule has 1 atom stereocenters. The Balaban J connectivity index is 0.00000288. The van der Waals surface area contributed by atoms with Gasteiger partial charge in [-0.2, -0.15) is 0 Å². The highest BCUT2D eigenvalue weighted by molar-refractivity contribution is 7.89. The Kier molecular flexibility index (Phi) is 7.66. The Morgan fingerprint density at radius 1 is 1.33 bits per heavy atom. The Hall–Kier alpha value is -1.15. The number of hydrogen-bond acceptors (Lipinski definition) is 4. The summed E-state index contributed by atoms with van der Waals surface area (Å²) in [6.07, 6.45) is 4.25. The highest BCUT2D eigenvalue weighted by atomic mass is 35.5. The normalized spacial score (nSPS) is 16.5. The van der Waals surface area contributed by atoms with Crippen LogP contribution in [0.2, 0.25) is 0 Å². The van der Waals surface area contributed by atoms with Gasteiger partial charge < -0.3 is 10.6 Å². The van der Waals surface area contributed by atoms with Crippen LogP contribution in [0.5, 0.6) is 0 Å². The van der Waals surface area contributed by atoms with Crippen LogP contribution in [0.3, 0.4) is 0 Å². The van der Waals surface area contributed by atoms with Crippen molar-refractivity contribution in [1.29, 1.82) is 0 Å². The highest BCUT2D eigenvalue weighted by Gasteiger charge is 2.28. The number of carbonyl (C=O) groups is 1. The molecule has 24 heavy (non-hydrogen) atoms. The largest absolute Gasteiger partial charge is 0.345 e. The first-order valence-electron chi connectivity index (χ1n) is 7.89. The van der Waals surface area contributed by atoms with E-state index >= 15 is 0 Å². The van der Waals surface area contributed by atoms with Crippen molar-refractivity contribution in [3.8, 4) is 0 Å². The van der Waals surface area contributed by atoms with Crippen molar-refractivity contribution in [2.45, 2.75) is 36.6 Å². The van der Waals surface area contributed by atoms with Crippen LogP contribution in [-0.2, 0) is 10.0 Å². The van der Waals surface area contributed by atoms with Gasteiger partial charge in [0.05, 0.1) is 4.90 Å². The predicted molar refractivity (Wildman–Crippen MR) is 96.8 cm³/mol. The van der Waals surface area contributed by atoms with Gasteiger partial charge in [0.1, 0.15) is 0 Å². The van der Waals surface area contributed by atoms with Crippen molar-refractivity contribution in [2.75, 3.05) is 20.6 Å². The molecule has 1 aliphatic carbocycles. The summed E-state index contributed by atoms with van der Waals surface area (Å²) in [4.78, 5) is 13.5. The van der Waals surface area contributed by atoms with Crippen molar-refractivity contribution in [3.05, 3.63) is 29.8 Å². The number of carbonyl (C=O) groups excluding carboxylic acids is 1. The zero-order valence-electron chi connectivity index (χ0n) is 14.1. The quantitative estimate of drug-likeness (QED) is 0.789. The minimum atomic E-state index is -3.69. The number of nitrogens with zero attached hydrogens (tertiary/aromatic N) is 1. The van der Waals surface area contributed by atoms with E-state index in [1.165, 1.54) is 17.0 Å². The van der Waals surface area contributed by atoms with Gasteiger partial charge in [-0.05, 0) is 37.0 Å². The van der Waals surface area contributed by atoms with Crippen LogP contribution in [0.4, 0.5) is 0 Å². The van der Waals surface area contributed by atoms with Crippen molar-refractivity contribution in [2.24, 2.45) is 11.7 Å². The number of benzene rings is 1. The molecule has 0 radical (unpaired) electrons. The van der Waals surface area contributed by atoms with E-state index in [1.54, 1.807) is 26.2 Å². The molecule has 0 saturated heterocycles. The molecule has 0 bridgehead atoms. The minimum Gasteiger partial charge on any atom is -0.345 e. The molecule has 136 valence electrons. The molecule has 6 nitrogen and oxygen atoms in total. The van der Waals surface area contributed by atoms with Crippen LogP contribution in [-0.4, -0.2) is 45.9 Å². The summed E-state index contributed by atoms with van der Waals surface area (Å²) in [5.74, 6) is 0.0644. The predicted octanol–water partition coefficient (Wildman–Crippen LogP) is 1.61. The zero-order valence-corrected chi connectivity index (χ0v) is 15.7. The molecule has 1 aromatic rings. The molecule has 1 amide bonds. The molecule has 1 unspecified atom stereocenters. The third kappa shape index (κ3) is 4.92. The summed E-state index contributed by atoms with van der Waals surface area (Å²) in [7, 11) is -0.429. The molecule has 3 N–H and O–H groups in total. The van der Waals surface area contributed by atoms with E-state index < -0.39 is 10.0 Å². The van der Waals surface area contributed by atoms with E-state index in [-0.39, 0.29) is 35.8 Å². The van der Waals surface area contributed by atoms with E-state index in [0.29, 0.717) is 11.5 Å². The first-order chi connectivity index (χ1) is 10.8. The number of nitrogens with one attached hydrogen (secondary N) is 1. The molecule has 2 rings (SSSR count).